The van der Waals surface area contributed by atoms with Gasteiger partial charge in [-0.25, -0.2) is 9.97 Å². The van der Waals surface area contributed by atoms with Gasteiger partial charge in [0.15, 0.2) is 5.58 Å². The molecule has 0 saturated heterocycles. The maximum atomic E-state index is 5.94. The number of benzene rings is 4. The fourth-order valence-electron chi connectivity index (χ4n) is 3.92. The van der Waals surface area contributed by atoms with Gasteiger partial charge in [-0.2, -0.15) is 0 Å². The minimum atomic E-state index is 0.603. The largest absolute Gasteiger partial charge is 0.497 e. The molecule has 2 aromatic heterocycles. The summed E-state index contributed by atoms with van der Waals surface area (Å²) < 4.78 is 12.4. The molecule has 0 aliphatic heterocycles. The molecule has 0 fully saturated rings. The first-order valence-electron chi connectivity index (χ1n) is 10.7. The Bertz CT molecular complexity index is 1600. The van der Waals surface area contributed by atoms with E-state index in [0.717, 1.165) is 44.0 Å². The van der Waals surface area contributed by atoms with Gasteiger partial charge in [-0.15, -0.1) is 11.3 Å². The summed E-state index contributed by atoms with van der Waals surface area (Å²) in [7, 11) is 1.64. The van der Waals surface area contributed by atoms with Gasteiger partial charge >= 0.3 is 0 Å². The van der Waals surface area contributed by atoms with Crippen LogP contribution in [0.25, 0.3) is 54.5 Å². The lowest BCUT2D eigenvalue weighted by Gasteiger charge is -2.04. The van der Waals surface area contributed by atoms with Crippen molar-refractivity contribution in [1.82, 2.24) is 9.97 Å². The van der Waals surface area contributed by atoms with E-state index in [1.165, 1.54) is 10.3 Å². The van der Waals surface area contributed by atoms with Crippen molar-refractivity contribution in [2.24, 2.45) is 0 Å². The lowest BCUT2D eigenvalue weighted by atomic mass is 10.0. The molecule has 0 saturated carbocycles. The summed E-state index contributed by atoms with van der Waals surface area (Å²) in [6.45, 7) is 2.11. The summed E-state index contributed by atoms with van der Waals surface area (Å²) in [5.74, 6) is 1.36. The van der Waals surface area contributed by atoms with Crippen molar-refractivity contribution in [2.45, 2.75) is 6.92 Å². The molecule has 0 bridgehead atoms. The average Bonchev–Trinajstić information content (AvgIpc) is 3.47. The predicted molar refractivity (Wildman–Crippen MR) is 135 cm³/mol. The van der Waals surface area contributed by atoms with Crippen LogP contribution in [0.15, 0.2) is 89.3 Å². The normalized spacial score (nSPS) is 11.3. The summed E-state index contributed by atoms with van der Waals surface area (Å²) >= 11 is 1.73. The second kappa shape index (κ2) is 7.87. The van der Waals surface area contributed by atoms with Crippen LogP contribution < -0.4 is 4.74 Å². The Balaban J connectivity index is 1.26. The van der Waals surface area contributed by atoms with Gasteiger partial charge in [-0.05, 0) is 60.0 Å². The zero-order valence-corrected chi connectivity index (χ0v) is 19.0. The van der Waals surface area contributed by atoms with Crippen molar-refractivity contribution in [2.75, 3.05) is 7.11 Å². The number of fused-ring (bicyclic) bond motifs is 2. The smallest absolute Gasteiger partial charge is 0.227 e. The first kappa shape index (κ1) is 19.7. The van der Waals surface area contributed by atoms with Gasteiger partial charge in [0.05, 0.1) is 17.3 Å². The Kier molecular flexibility index (Phi) is 4.70. The van der Waals surface area contributed by atoms with Crippen molar-refractivity contribution in [3.63, 3.8) is 0 Å². The molecule has 0 amide bonds. The molecule has 0 aliphatic rings. The maximum Gasteiger partial charge on any atom is 0.227 e. The quantitative estimate of drug-likeness (QED) is 0.276. The number of hydrogen-bond acceptors (Lipinski definition) is 5. The monoisotopic (exact) mass is 448 g/mol. The number of nitrogens with zero attached hydrogens (tertiary/aromatic N) is 2. The molecule has 0 atom stereocenters. The summed E-state index contributed by atoms with van der Waals surface area (Å²) in [6.07, 6.45) is 0. The van der Waals surface area contributed by atoms with Gasteiger partial charge in [-0.3, -0.25) is 0 Å². The lowest BCUT2D eigenvalue weighted by Crippen LogP contribution is -1.82. The molecular weight excluding hydrogens is 428 g/mol. The van der Waals surface area contributed by atoms with Gasteiger partial charge in [-0.1, -0.05) is 42.5 Å². The zero-order chi connectivity index (χ0) is 22.4. The average molecular weight is 449 g/mol. The molecule has 0 radical (unpaired) electrons. The highest BCUT2D eigenvalue weighted by atomic mass is 32.1. The number of oxazole rings is 1. The maximum absolute atomic E-state index is 5.94. The van der Waals surface area contributed by atoms with Crippen molar-refractivity contribution in [3.05, 3.63) is 90.5 Å². The van der Waals surface area contributed by atoms with Gasteiger partial charge < -0.3 is 9.15 Å². The van der Waals surface area contributed by atoms with Crippen molar-refractivity contribution in [1.29, 1.82) is 0 Å². The third-order valence-electron chi connectivity index (χ3n) is 5.74. The number of aromatic nitrogens is 2. The molecular formula is C28H20N2O2S. The van der Waals surface area contributed by atoms with Crippen LogP contribution >= 0.6 is 11.3 Å². The van der Waals surface area contributed by atoms with Gasteiger partial charge in [0.2, 0.25) is 5.89 Å². The van der Waals surface area contributed by atoms with Crippen LogP contribution in [0.2, 0.25) is 0 Å². The number of methoxy groups -OCH3 is 1. The molecule has 0 spiro atoms. The highest BCUT2D eigenvalue weighted by Crippen LogP contribution is 2.33. The summed E-state index contributed by atoms with van der Waals surface area (Å²) in [5.41, 5.74) is 8.22. The van der Waals surface area contributed by atoms with Crippen LogP contribution in [-0.2, 0) is 0 Å². The van der Waals surface area contributed by atoms with Gasteiger partial charge in [0.1, 0.15) is 16.3 Å². The van der Waals surface area contributed by atoms with Crippen LogP contribution in [-0.4, -0.2) is 17.1 Å². The fraction of sp³-hybridized carbons (Fsp3) is 0.0714. The highest BCUT2D eigenvalue weighted by molar-refractivity contribution is 7.21. The first-order chi connectivity index (χ1) is 16.2. The van der Waals surface area contributed by atoms with E-state index in [2.05, 4.69) is 66.5 Å². The van der Waals surface area contributed by atoms with Gasteiger partial charge in [0.25, 0.3) is 0 Å². The van der Waals surface area contributed by atoms with Crippen molar-refractivity contribution < 1.29 is 9.15 Å². The van der Waals surface area contributed by atoms with Crippen LogP contribution in [0, 0.1) is 6.92 Å². The van der Waals surface area contributed by atoms with Gasteiger partial charge in [0, 0.05) is 17.2 Å². The van der Waals surface area contributed by atoms with Crippen LogP contribution in [0.3, 0.4) is 0 Å². The van der Waals surface area contributed by atoms with E-state index in [4.69, 9.17) is 14.1 Å². The topological polar surface area (TPSA) is 48.2 Å². The molecule has 6 rings (SSSR count). The Hall–Kier alpha value is -3.96. The number of hydrogen-bond donors (Lipinski definition) is 0. The number of aryl methyl sites for hydroxylation is 1. The van der Waals surface area contributed by atoms with E-state index in [9.17, 15) is 0 Å². The Morgan fingerprint density at radius 3 is 2.09 bits per heavy atom. The van der Waals surface area contributed by atoms with Crippen LogP contribution in [0.1, 0.15) is 5.56 Å². The third-order valence-corrected chi connectivity index (χ3v) is 6.80. The molecule has 0 aliphatic carbocycles. The van der Waals surface area contributed by atoms with E-state index in [1.807, 2.05) is 30.3 Å². The second-order valence-electron chi connectivity index (χ2n) is 8.00. The predicted octanol–water partition coefficient (Wildman–Crippen LogP) is 7.76. The Morgan fingerprint density at radius 2 is 1.36 bits per heavy atom. The number of thiazole rings is 1. The van der Waals surface area contributed by atoms with E-state index < -0.39 is 0 Å². The molecule has 4 nitrogen and oxygen atoms in total. The standard InChI is InChI=1S/C28H20N2O2S/c1-17-3-13-24-26(15-17)33-28(30-24)21-10-6-19(7-11-21)18-4-8-20(9-5-18)27-29-23-14-12-22(31-2)16-25(23)32-27/h3-16H,1-2H3. The van der Waals surface area contributed by atoms with Crippen molar-refractivity contribution in [3.8, 4) is 38.9 Å². The number of rotatable bonds is 4. The first-order valence-corrected chi connectivity index (χ1v) is 11.5. The minimum absolute atomic E-state index is 0.603. The highest BCUT2D eigenvalue weighted by Gasteiger charge is 2.10. The van der Waals surface area contributed by atoms with E-state index in [1.54, 1.807) is 18.4 Å². The van der Waals surface area contributed by atoms with E-state index >= 15 is 0 Å². The molecule has 6 aromatic rings. The Labute approximate surface area is 195 Å². The number of ether oxygens (including phenoxy) is 1. The van der Waals surface area contributed by atoms with Crippen LogP contribution in [0.5, 0.6) is 5.75 Å². The molecule has 160 valence electrons. The third kappa shape index (κ3) is 3.66. The molecule has 5 heteroatoms. The zero-order valence-electron chi connectivity index (χ0n) is 18.2. The molecule has 33 heavy (non-hydrogen) atoms. The van der Waals surface area contributed by atoms with E-state index in [0.29, 0.717) is 11.5 Å². The summed E-state index contributed by atoms with van der Waals surface area (Å²) in [6, 6.07) is 28.9. The fourth-order valence-corrected chi connectivity index (χ4v) is 4.99. The SMILES string of the molecule is COc1ccc2nc(-c3ccc(-c4ccc(-c5nc6ccc(C)cc6s5)cc4)cc3)oc2c1. The lowest BCUT2D eigenvalue weighted by molar-refractivity contribution is 0.414. The summed E-state index contributed by atoms with van der Waals surface area (Å²) in [4.78, 5) is 9.40. The van der Waals surface area contributed by atoms with Crippen LogP contribution in [0.4, 0.5) is 0 Å². The van der Waals surface area contributed by atoms with Crippen molar-refractivity contribution >= 4 is 32.7 Å². The molecule has 2 heterocycles. The second-order valence-corrected chi connectivity index (χ2v) is 9.03. The molecule has 4 aromatic carbocycles. The molecule has 0 unspecified atom stereocenters. The van der Waals surface area contributed by atoms with E-state index in [-0.39, 0.29) is 0 Å². The minimum Gasteiger partial charge on any atom is -0.497 e. The molecule has 0 N–H and O–H groups in total. The summed E-state index contributed by atoms with van der Waals surface area (Å²) in [5, 5.41) is 1.05. The Morgan fingerprint density at radius 1 is 0.697 bits per heavy atom.